The summed E-state index contributed by atoms with van der Waals surface area (Å²) in [4.78, 5) is 16.8. The summed E-state index contributed by atoms with van der Waals surface area (Å²) in [5.41, 5.74) is 2.41. The third-order valence-corrected chi connectivity index (χ3v) is 6.04. The molecule has 2 aromatic heterocycles. The molecule has 1 N–H and O–H groups in total. The van der Waals surface area contributed by atoms with Crippen molar-refractivity contribution in [3.05, 3.63) is 47.8 Å². The normalized spacial score (nSPS) is 10.6. The molecule has 0 saturated carbocycles. The van der Waals surface area contributed by atoms with Crippen molar-refractivity contribution < 1.29 is 23.4 Å². The number of amides is 1. The van der Waals surface area contributed by atoms with E-state index in [0.717, 1.165) is 23.0 Å². The summed E-state index contributed by atoms with van der Waals surface area (Å²) in [7, 11) is 4.58. The first-order chi connectivity index (χ1) is 16.1. The fourth-order valence-corrected chi connectivity index (χ4v) is 4.24. The third-order valence-electron chi connectivity index (χ3n) is 4.46. The molecule has 33 heavy (non-hydrogen) atoms. The van der Waals surface area contributed by atoms with E-state index in [1.165, 1.54) is 32.7 Å². The molecule has 0 atom stereocenters. The van der Waals surface area contributed by atoms with Gasteiger partial charge in [-0.3, -0.25) is 4.79 Å². The van der Waals surface area contributed by atoms with Crippen LogP contribution in [0.2, 0.25) is 0 Å². The van der Waals surface area contributed by atoms with Gasteiger partial charge in [-0.1, -0.05) is 42.1 Å². The number of nitrogens with zero attached hydrogens (tertiary/aromatic N) is 3. The van der Waals surface area contributed by atoms with E-state index in [0.29, 0.717) is 27.9 Å². The van der Waals surface area contributed by atoms with Crippen molar-refractivity contribution in [2.45, 2.75) is 5.22 Å². The molecule has 0 radical (unpaired) electrons. The second-order valence-corrected chi connectivity index (χ2v) is 8.31. The van der Waals surface area contributed by atoms with Crippen LogP contribution < -0.4 is 19.5 Å². The van der Waals surface area contributed by atoms with Crippen LogP contribution in [-0.2, 0) is 4.79 Å². The van der Waals surface area contributed by atoms with E-state index >= 15 is 0 Å². The Bertz CT molecular complexity index is 1220. The van der Waals surface area contributed by atoms with Gasteiger partial charge in [-0.15, -0.1) is 21.5 Å². The number of thioether (sulfide) groups is 1. The summed E-state index contributed by atoms with van der Waals surface area (Å²) < 4.78 is 21.7. The highest BCUT2D eigenvalue weighted by molar-refractivity contribution is 7.99. The molecule has 4 rings (SSSR count). The quantitative estimate of drug-likeness (QED) is 0.340. The number of hydrogen-bond donors (Lipinski definition) is 1. The number of anilines is 1. The Morgan fingerprint density at radius 1 is 1.03 bits per heavy atom. The molecule has 0 aliphatic heterocycles. The van der Waals surface area contributed by atoms with Gasteiger partial charge in [0.05, 0.1) is 32.8 Å². The summed E-state index contributed by atoms with van der Waals surface area (Å²) in [5, 5.41) is 13.6. The number of thiazole rings is 1. The van der Waals surface area contributed by atoms with E-state index in [-0.39, 0.29) is 22.8 Å². The fourth-order valence-electron chi connectivity index (χ4n) is 2.94. The molecule has 0 bridgehead atoms. The highest BCUT2D eigenvalue weighted by atomic mass is 32.2. The standard InChI is InChI=1S/C22H20N4O5S2/c1-28-16-9-14(10-17(29-2)19(16)30-3)20-25-26-22(31-20)33-12-18(27)24-21-23-15(11-32-21)13-7-5-4-6-8-13/h4-11H,12H2,1-3H3,(H,23,24,27). The van der Waals surface area contributed by atoms with Crippen molar-refractivity contribution in [1.29, 1.82) is 0 Å². The largest absolute Gasteiger partial charge is 0.493 e. The van der Waals surface area contributed by atoms with Gasteiger partial charge in [-0.25, -0.2) is 4.98 Å². The number of hydrogen-bond acceptors (Lipinski definition) is 10. The molecule has 2 heterocycles. The molecule has 4 aromatic rings. The Morgan fingerprint density at radius 3 is 2.42 bits per heavy atom. The minimum absolute atomic E-state index is 0.0944. The first kappa shape index (κ1) is 22.6. The Kier molecular flexibility index (Phi) is 7.10. The predicted molar refractivity (Wildman–Crippen MR) is 126 cm³/mol. The molecule has 1 amide bonds. The highest BCUT2D eigenvalue weighted by Gasteiger charge is 2.18. The zero-order chi connectivity index (χ0) is 23.2. The smallest absolute Gasteiger partial charge is 0.277 e. The average molecular weight is 485 g/mol. The molecule has 2 aromatic carbocycles. The van der Waals surface area contributed by atoms with Crippen LogP contribution in [0, 0.1) is 0 Å². The minimum atomic E-state index is -0.221. The minimum Gasteiger partial charge on any atom is -0.493 e. The second kappa shape index (κ2) is 10.4. The van der Waals surface area contributed by atoms with Gasteiger partial charge in [0, 0.05) is 16.5 Å². The molecule has 0 fully saturated rings. The number of methoxy groups -OCH3 is 3. The van der Waals surface area contributed by atoms with Gasteiger partial charge in [-0.2, -0.15) is 0 Å². The Hall–Kier alpha value is -3.57. The fraction of sp³-hybridized carbons (Fsp3) is 0.182. The number of aromatic nitrogens is 3. The maximum Gasteiger partial charge on any atom is 0.277 e. The molecular weight excluding hydrogens is 464 g/mol. The number of rotatable bonds is 9. The molecule has 170 valence electrons. The zero-order valence-corrected chi connectivity index (χ0v) is 19.7. The van der Waals surface area contributed by atoms with Crippen molar-refractivity contribution in [2.24, 2.45) is 0 Å². The molecule has 0 unspecified atom stereocenters. The molecule has 0 saturated heterocycles. The van der Waals surface area contributed by atoms with Crippen LogP contribution >= 0.6 is 23.1 Å². The van der Waals surface area contributed by atoms with Crippen molar-refractivity contribution in [1.82, 2.24) is 15.2 Å². The van der Waals surface area contributed by atoms with Crippen molar-refractivity contribution in [3.8, 4) is 40.0 Å². The van der Waals surface area contributed by atoms with E-state index in [1.807, 2.05) is 35.7 Å². The van der Waals surface area contributed by atoms with E-state index in [9.17, 15) is 4.79 Å². The van der Waals surface area contributed by atoms with E-state index in [4.69, 9.17) is 18.6 Å². The topological polar surface area (TPSA) is 109 Å². The monoisotopic (exact) mass is 484 g/mol. The lowest BCUT2D eigenvalue weighted by atomic mass is 10.2. The summed E-state index contributed by atoms with van der Waals surface area (Å²) in [6.07, 6.45) is 0. The maximum absolute atomic E-state index is 12.3. The molecule has 0 aliphatic rings. The summed E-state index contributed by atoms with van der Waals surface area (Å²) >= 11 is 2.50. The van der Waals surface area contributed by atoms with Crippen LogP contribution in [0.4, 0.5) is 5.13 Å². The van der Waals surface area contributed by atoms with Gasteiger partial charge in [0.2, 0.25) is 17.5 Å². The summed E-state index contributed by atoms with van der Waals surface area (Å²) in [6.45, 7) is 0. The van der Waals surface area contributed by atoms with E-state index in [2.05, 4.69) is 20.5 Å². The van der Waals surface area contributed by atoms with Crippen LogP contribution in [0.15, 0.2) is 57.5 Å². The number of carbonyl (C=O) groups is 1. The number of ether oxygens (including phenoxy) is 3. The maximum atomic E-state index is 12.3. The third kappa shape index (κ3) is 5.26. The lowest BCUT2D eigenvalue weighted by molar-refractivity contribution is -0.113. The van der Waals surface area contributed by atoms with Crippen LogP contribution in [-0.4, -0.2) is 48.2 Å². The van der Waals surface area contributed by atoms with Crippen LogP contribution in [0.25, 0.3) is 22.7 Å². The molecule has 11 heteroatoms. The van der Waals surface area contributed by atoms with Crippen molar-refractivity contribution >= 4 is 34.1 Å². The van der Waals surface area contributed by atoms with Crippen LogP contribution in [0.5, 0.6) is 17.2 Å². The summed E-state index contributed by atoms with van der Waals surface area (Å²) in [6, 6.07) is 13.2. The van der Waals surface area contributed by atoms with Crippen molar-refractivity contribution in [3.63, 3.8) is 0 Å². The van der Waals surface area contributed by atoms with Crippen LogP contribution in [0.1, 0.15) is 0 Å². The number of nitrogens with one attached hydrogen (secondary N) is 1. The SMILES string of the molecule is COc1cc(-c2nnc(SCC(=O)Nc3nc(-c4ccccc4)cs3)o2)cc(OC)c1OC. The van der Waals surface area contributed by atoms with Gasteiger partial charge in [0.15, 0.2) is 16.6 Å². The lowest BCUT2D eigenvalue weighted by Crippen LogP contribution is -2.13. The Balaban J connectivity index is 1.38. The average Bonchev–Trinajstić information content (AvgIpc) is 3.52. The first-order valence-corrected chi connectivity index (χ1v) is 11.5. The van der Waals surface area contributed by atoms with Gasteiger partial charge >= 0.3 is 0 Å². The van der Waals surface area contributed by atoms with E-state index in [1.54, 1.807) is 12.1 Å². The van der Waals surface area contributed by atoms with E-state index < -0.39 is 0 Å². The second-order valence-electron chi connectivity index (χ2n) is 6.53. The van der Waals surface area contributed by atoms with Gasteiger partial charge < -0.3 is 23.9 Å². The first-order valence-electron chi connectivity index (χ1n) is 9.68. The lowest BCUT2D eigenvalue weighted by Gasteiger charge is -2.12. The molecule has 9 nitrogen and oxygen atoms in total. The Morgan fingerprint density at radius 2 is 1.76 bits per heavy atom. The van der Waals surface area contributed by atoms with Crippen LogP contribution in [0.3, 0.4) is 0 Å². The zero-order valence-electron chi connectivity index (χ0n) is 18.0. The van der Waals surface area contributed by atoms with Gasteiger partial charge in [0.25, 0.3) is 5.22 Å². The number of benzene rings is 2. The summed E-state index contributed by atoms with van der Waals surface area (Å²) in [5.74, 6) is 1.55. The molecule has 0 spiro atoms. The van der Waals surface area contributed by atoms with Crippen molar-refractivity contribution in [2.75, 3.05) is 32.4 Å². The van der Waals surface area contributed by atoms with Gasteiger partial charge in [-0.05, 0) is 12.1 Å². The Labute approximate surface area is 198 Å². The predicted octanol–water partition coefficient (Wildman–Crippen LogP) is 4.62. The molecule has 0 aliphatic carbocycles. The highest BCUT2D eigenvalue weighted by Crippen LogP contribution is 2.41. The van der Waals surface area contributed by atoms with Gasteiger partial charge in [0.1, 0.15) is 0 Å². The molecular formula is C22H20N4O5S2. The number of carbonyl (C=O) groups excluding carboxylic acids is 1.